The van der Waals surface area contributed by atoms with E-state index in [-0.39, 0.29) is 30.9 Å². The fourth-order valence-corrected chi connectivity index (χ4v) is 7.41. The van der Waals surface area contributed by atoms with Crippen LogP contribution in [0, 0.1) is 11.8 Å². The number of carbonyl (C=O) groups excluding carboxylic acids is 3. The maximum absolute atomic E-state index is 14.3. The number of hydrogen-bond acceptors (Lipinski definition) is 7. The number of unbranched alkanes of at least 4 members (excludes halogenated alkanes) is 1. The number of nitrogens with one attached hydrogen (secondary N) is 1. The van der Waals surface area contributed by atoms with Crippen molar-refractivity contribution in [3.8, 4) is 11.5 Å². The Kier molecular flexibility index (Phi) is 10.8. The Balaban J connectivity index is 1.26. The number of rotatable bonds is 12. The van der Waals surface area contributed by atoms with Crippen molar-refractivity contribution < 1.29 is 28.6 Å². The van der Waals surface area contributed by atoms with Gasteiger partial charge < -0.3 is 29.3 Å². The molecule has 2 atom stereocenters. The van der Waals surface area contributed by atoms with Gasteiger partial charge in [-0.1, -0.05) is 36.4 Å². The third-order valence-corrected chi connectivity index (χ3v) is 9.99. The second-order valence-electron chi connectivity index (χ2n) is 14.9. The van der Waals surface area contributed by atoms with E-state index in [4.69, 9.17) is 14.2 Å². The molecule has 3 amide bonds. The Morgan fingerprint density at radius 1 is 0.940 bits per heavy atom. The van der Waals surface area contributed by atoms with Crippen molar-refractivity contribution in [2.75, 3.05) is 33.4 Å². The smallest absolute Gasteiger partial charge is 0.410 e. The van der Waals surface area contributed by atoms with Crippen LogP contribution in [0.5, 0.6) is 11.5 Å². The lowest BCUT2D eigenvalue weighted by atomic mass is 9.69. The highest BCUT2D eigenvalue weighted by Gasteiger charge is 2.45. The molecule has 266 valence electrons. The molecule has 6 rings (SSSR count). The predicted molar refractivity (Wildman–Crippen MR) is 190 cm³/mol. The second kappa shape index (κ2) is 15.2. The van der Waals surface area contributed by atoms with Gasteiger partial charge in [0.05, 0.1) is 11.8 Å². The number of amides is 3. The van der Waals surface area contributed by atoms with Crippen LogP contribution < -0.4 is 10.1 Å². The lowest BCUT2D eigenvalue weighted by Crippen LogP contribution is -2.54. The molecule has 2 unspecified atom stereocenters. The van der Waals surface area contributed by atoms with E-state index >= 15 is 0 Å². The van der Waals surface area contributed by atoms with Gasteiger partial charge in [0.2, 0.25) is 11.8 Å². The van der Waals surface area contributed by atoms with E-state index < -0.39 is 28.9 Å². The number of piperidine rings is 1. The van der Waals surface area contributed by atoms with Crippen molar-refractivity contribution in [1.29, 1.82) is 0 Å². The standard InChI is InChI=1S/C40H50N4O6/c1-39(2,3)50-38(47)43-25-29(23-30(26-43)37(46)44(31-15-16-31)24-28-17-20-41-21-18-28)36(45)42-27-40(19-9-10-22-48-4)32-11-5-7-13-34(32)49-35-14-8-6-12-33(35)40/h5-8,11-14,17-18,20-21,29-31H,9-10,15-16,19,22-27H2,1-4H3,(H,42,45). The monoisotopic (exact) mass is 682 g/mol. The van der Waals surface area contributed by atoms with E-state index in [1.54, 1.807) is 24.4 Å². The van der Waals surface area contributed by atoms with Crippen LogP contribution in [-0.4, -0.2) is 77.7 Å². The number of pyridine rings is 1. The molecule has 1 N–H and O–H groups in total. The lowest BCUT2D eigenvalue weighted by Gasteiger charge is -2.42. The summed E-state index contributed by atoms with van der Waals surface area (Å²) in [6, 6.07) is 20.1. The Morgan fingerprint density at radius 3 is 2.20 bits per heavy atom. The summed E-state index contributed by atoms with van der Waals surface area (Å²) in [5.74, 6) is 0.213. The highest BCUT2D eigenvalue weighted by Crippen LogP contribution is 2.50. The normalized spacial score (nSPS) is 19.4. The first kappa shape index (κ1) is 35.4. The molecule has 10 heteroatoms. The van der Waals surface area contributed by atoms with Crippen LogP contribution in [0.15, 0.2) is 73.1 Å². The zero-order valence-electron chi connectivity index (χ0n) is 29.7. The summed E-state index contributed by atoms with van der Waals surface area (Å²) in [5, 5.41) is 3.32. The van der Waals surface area contributed by atoms with E-state index in [1.165, 1.54) is 0 Å². The number of hydrogen-bond donors (Lipinski definition) is 1. The Labute approximate surface area is 295 Å². The zero-order chi connectivity index (χ0) is 35.3. The largest absolute Gasteiger partial charge is 0.457 e. The molecular formula is C40H50N4O6. The van der Waals surface area contributed by atoms with Crippen molar-refractivity contribution >= 4 is 17.9 Å². The van der Waals surface area contributed by atoms with Gasteiger partial charge in [-0.2, -0.15) is 0 Å². The van der Waals surface area contributed by atoms with Crippen LogP contribution >= 0.6 is 0 Å². The summed E-state index contributed by atoms with van der Waals surface area (Å²) < 4.78 is 17.5. The molecule has 10 nitrogen and oxygen atoms in total. The number of likely N-dealkylation sites (tertiary alicyclic amines) is 1. The lowest BCUT2D eigenvalue weighted by molar-refractivity contribution is -0.140. The maximum Gasteiger partial charge on any atom is 0.410 e. The Morgan fingerprint density at radius 2 is 1.58 bits per heavy atom. The van der Waals surface area contributed by atoms with Crippen LogP contribution in [-0.2, 0) is 31.0 Å². The average Bonchev–Trinajstić information content (AvgIpc) is 3.96. The van der Waals surface area contributed by atoms with Gasteiger partial charge in [-0.15, -0.1) is 0 Å². The minimum atomic E-state index is -0.716. The van der Waals surface area contributed by atoms with Crippen LogP contribution in [0.4, 0.5) is 4.79 Å². The minimum absolute atomic E-state index is 0.0303. The van der Waals surface area contributed by atoms with Gasteiger partial charge in [0.25, 0.3) is 0 Å². The number of ether oxygens (including phenoxy) is 3. The molecule has 50 heavy (non-hydrogen) atoms. The topological polar surface area (TPSA) is 110 Å². The molecule has 3 heterocycles. The van der Waals surface area contributed by atoms with Gasteiger partial charge in [-0.25, -0.2) is 4.79 Å². The van der Waals surface area contributed by atoms with Crippen LogP contribution in [0.25, 0.3) is 0 Å². The maximum atomic E-state index is 14.3. The first-order valence-corrected chi connectivity index (χ1v) is 17.9. The molecule has 1 aliphatic carbocycles. The van der Waals surface area contributed by atoms with E-state index in [0.717, 1.165) is 60.3 Å². The molecular weight excluding hydrogens is 632 g/mol. The summed E-state index contributed by atoms with van der Waals surface area (Å²) >= 11 is 0. The fourth-order valence-electron chi connectivity index (χ4n) is 7.41. The molecule has 1 saturated carbocycles. The number of para-hydroxylation sites is 2. The third kappa shape index (κ3) is 8.12. The van der Waals surface area contributed by atoms with Crippen molar-refractivity contribution in [3.63, 3.8) is 0 Å². The van der Waals surface area contributed by atoms with Crippen molar-refractivity contribution in [3.05, 3.63) is 89.7 Å². The molecule has 1 saturated heterocycles. The number of carbonyl (C=O) groups is 3. The number of methoxy groups -OCH3 is 1. The molecule has 2 aliphatic heterocycles. The van der Waals surface area contributed by atoms with E-state index in [2.05, 4.69) is 22.4 Å². The SMILES string of the molecule is COCCCCC1(CNC(=O)C2CC(C(=O)N(Cc3ccncc3)C3CC3)CN(C(=O)OC(C)(C)C)C2)c2ccccc2Oc2ccccc21. The first-order valence-electron chi connectivity index (χ1n) is 17.9. The summed E-state index contributed by atoms with van der Waals surface area (Å²) in [6.07, 6.45) is 7.73. The predicted octanol–water partition coefficient (Wildman–Crippen LogP) is 6.47. The van der Waals surface area contributed by atoms with Crippen LogP contribution in [0.3, 0.4) is 0 Å². The van der Waals surface area contributed by atoms with Gasteiger partial charge >= 0.3 is 6.09 Å². The minimum Gasteiger partial charge on any atom is -0.457 e. The molecule has 0 bridgehead atoms. The molecule has 3 aromatic rings. The molecule has 0 radical (unpaired) electrons. The van der Waals surface area contributed by atoms with Crippen LogP contribution in [0.1, 0.15) is 76.0 Å². The van der Waals surface area contributed by atoms with Gasteiger partial charge in [0, 0.05) is 74.9 Å². The van der Waals surface area contributed by atoms with Crippen molar-refractivity contribution in [2.24, 2.45) is 11.8 Å². The quantitative estimate of drug-likeness (QED) is 0.218. The molecule has 2 fully saturated rings. The van der Waals surface area contributed by atoms with Gasteiger partial charge in [-0.05, 0) is 89.1 Å². The molecule has 3 aliphatic rings. The van der Waals surface area contributed by atoms with Crippen molar-refractivity contribution in [1.82, 2.24) is 20.1 Å². The number of benzene rings is 2. The van der Waals surface area contributed by atoms with E-state index in [9.17, 15) is 14.4 Å². The van der Waals surface area contributed by atoms with Gasteiger partial charge in [0.1, 0.15) is 17.1 Å². The Hall–Kier alpha value is -4.44. The highest BCUT2D eigenvalue weighted by atomic mass is 16.6. The zero-order valence-corrected chi connectivity index (χ0v) is 29.7. The van der Waals surface area contributed by atoms with Crippen molar-refractivity contribution in [2.45, 2.75) is 82.9 Å². The summed E-state index contributed by atoms with van der Waals surface area (Å²) in [5.41, 5.74) is 1.80. The number of nitrogens with zero attached hydrogens (tertiary/aromatic N) is 3. The first-order chi connectivity index (χ1) is 24.1. The average molecular weight is 683 g/mol. The summed E-state index contributed by atoms with van der Waals surface area (Å²) in [7, 11) is 1.71. The molecule has 2 aromatic carbocycles. The second-order valence-corrected chi connectivity index (χ2v) is 14.9. The fraction of sp³-hybridized carbons (Fsp3) is 0.500. The van der Waals surface area contributed by atoms with E-state index in [0.29, 0.717) is 26.1 Å². The van der Waals surface area contributed by atoms with E-state index in [1.807, 2.05) is 74.2 Å². The number of fused-ring (bicyclic) bond motifs is 2. The molecule has 1 aromatic heterocycles. The van der Waals surface area contributed by atoms with Crippen LogP contribution in [0.2, 0.25) is 0 Å². The van der Waals surface area contributed by atoms with Gasteiger partial charge in [0.15, 0.2) is 0 Å². The Bertz CT molecular complexity index is 1610. The molecule has 0 spiro atoms. The number of aromatic nitrogens is 1. The summed E-state index contributed by atoms with van der Waals surface area (Å²) in [4.78, 5) is 49.7. The third-order valence-electron chi connectivity index (χ3n) is 9.99. The summed E-state index contributed by atoms with van der Waals surface area (Å²) in [6.45, 7) is 7.31. The highest BCUT2D eigenvalue weighted by molar-refractivity contribution is 5.85. The van der Waals surface area contributed by atoms with Gasteiger partial charge in [-0.3, -0.25) is 14.6 Å².